The summed E-state index contributed by atoms with van der Waals surface area (Å²) in [5.74, 6) is 0.842. The van der Waals surface area contributed by atoms with E-state index in [2.05, 4.69) is 10.3 Å². The van der Waals surface area contributed by atoms with Gasteiger partial charge in [-0.1, -0.05) is 6.92 Å². The second-order valence-electron chi connectivity index (χ2n) is 7.40. The van der Waals surface area contributed by atoms with E-state index >= 15 is 0 Å². The standard InChI is InChI=1S/C23H21FN4O3/c1-2-7-25-21(29)13-28-23-16-10-19-20(31-9-8-30-19)11-18(16)26-12-17(23)22(27-28)14-3-5-15(24)6-4-14/h3-6,10-12H,2,7-9,13H2,1H3,(H,25,29). The zero-order valence-electron chi connectivity index (χ0n) is 17.0. The van der Waals surface area contributed by atoms with Gasteiger partial charge < -0.3 is 14.8 Å². The van der Waals surface area contributed by atoms with Gasteiger partial charge in [0, 0.05) is 35.1 Å². The highest BCUT2D eigenvalue weighted by Crippen LogP contribution is 2.38. The lowest BCUT2D eigenvalue weighted by molar-refractivity contribution is -0.121. The van der Waals surface area contributed by atoms with Crippen molar-refractivity contribution in [1.82, 2.24) is 20.1 Å². The van der Waals surface area contributed by atoms with E-state index in [-0.39, 0.29) is 18.3 Å². The third-order valence-electron chi connectivity index (χ3n) is 5.22. The molecule has 2 aromatic heterocycles. The third-order valence-corrected chi connectivity index (χ3v) is 5.22. The predicted molar refractivity (Wildman–Crippen MR) is 115 cm³/mol. The highest BCUT2D eigenvalue weighted by Gasteiger charge is 2.20. The maximum Gasteiger partial charge on any atom is 0.241 e. The second kappa shape index (κ2) is 7.86. The molecule has 1 aliphatic heterocycles. The first-order valence-electron chi connectivity index (χ1n) is 10.3. The summed E-state index contributed by atoms with van der Waals surface area (Å²) in [5, 5.41) is 9.20. The van der Waals surface area contributed by atoms with Crippen LogP contribution in [0.15, 0.2) is 42.6 Å². The fourth-order valence-electron chi connectivity index (χ4n) is 3.78. The van der Waals surface area contributed by atoms with Crippen molar-refractivity contribution in [1.29, 1.82) is 0 Å². The molecule has 1 N–H and O–H groups in total. The van der Waals surface area contributed by atoms with Gasteiger partial charge in [-0.05, 0) is 36.8 Å². The van der Waals surface area contributed by atoms with Gasteiger partial charge in [-0.15, -0.1) is 0 Å². The van der Waals surface area contributed by atoms with Crippen molar-refractivity contribution in [3.05, 3.63) is 48.4 Å². The Morgan fingerprint density at radius 1 is 1.13 bits per heavy atom. The maximum absolute atomic E-state index is 13.5. The molecule has 0 unspecified atom stereocenters. The summed E-state index contributed by atoms with van der Waals surface area (Å²) in [6, 6.07) is 9.86. The molecule has 5 rings (SSSR count). The van der Waals surface area contributed by atoms with E-state index in [4.69, 9.17) is 14.6 Å². The molecule has 1 amide bonds. The number of halogens is 1. The van der Waals surface area contributed by atoms with Gasteiger partial charge in [-0.25, -0.2) is 4.39 Å². The van der Waals surface area contributed by atoms with Crippen LogP contribution in [0.4, 0.5) is 4.39 Å². The van der Waals surface area contributed by atoms with Crippen molar-refractivity contribution in [2.75, 3.05) is 19.8 Å². The van der Waals surface area contributed by atoms with Crippen LogP contribution in [0.25, 0.3) is 33.1 Å². The first-order chi connectivity index (χ1) is 15.1. The smallest absolute Gasteiger partial charge is 0.241 e. The molecular weight excluding hydrogens is 399 g/mol. The lowest BCUT2D eigenvalue weighted by atomic mass is 10.1. The average molecular weight is 420 g/mol. The molecule has 0 bridgehead atoms. The molecular formula is C23H21FN4O3. The number of benzene rings is 2. The third kappa shape index (κ3) is 3.54. The Morgan fingerprint density at radius 3 is 2.61 bits per heavy atom. The van der Waals surface area contributed by atoms with Crippen LogP contribution in [-0.4, -0.2) is 40.4 Å². The second-order valence-corrected chi connectivity index (χ2v) is 7.40. The predicted octanol–water partition coefficient (Wildman–Crippen LogP) is 3.69. The summed E-state index contributed by atoms with van der Waals surface area (Å²) in [7, 11) is 0. The SMILES string of the molecule is CCCNC(=O)Cn1nc(-c2ccc(F)cc2)c2cnc3cc4c(cc3c21)OCCO4. The number of pyridine rings is 1. The summed E-state index contributed by atoms with van der Waals surface area (Å²) < 4.78 is 26.6. The highest BCUT2D eigenvalue weighted by atomic mass is 19.1. The largest absolute Gasteiger partial charge is 0.486 e. The monoisotopic (exact) mass is 420 g/mol. The molecule has 0 radical (unpaired) electrons. The van der Waals surface area contributed by atoms with Crippen LogP contribution in [0.2, 0.25) is 0 Å². The van der Waals surface area contributed by atoms with Gasteiger partial charge in [0.2, 0.25) is 5.91 Å². The molecule has 2 aromatic carbocycles. The van der Waals surface area contributed by atoms with E-state index in [1.54, 1.807) is 23.0 Å². The molecule has 0 saturated heterocycles. The number of hydrogen-bond acceptors (Lipinski definition) is 5. The maximum atomic E-state index is 13.5. The quantitative estimate of drug-likeness (QED) is 0.533. The zero-order chi connectivity index (χ0) is 21.4. The zero-order valence-corrected chi connectivity index (χ0v) is 17.0. The van der Waals surface area contributed by atoms with Gasteiger partial charge in [0.05, 0.1) is 11.0 Å². The van der Waals surface area contributed by atoms with Crippen LogP contribution in [0, 0.1) is 5.82 Å². The van der Waals surface area contributed by atoms with Crippen LogP contribution in [-0.2, 0) is 11.3 Å². The first-order valence-corrected chi connectivity index (χ1v) is 10.3. The van der Waals surface area contributed by atoms with Crippen LogP contribution < -0.4 is 14.8 Å². The number of rotatable bonds is 5. The molecule has 0 aliphatic carbocycles. The Hall–Kier alpha value is -3.68. The normalized spacial score (nSPS) is 13.0. The Kier molecular flexibility index (Phi) is 4.89. The number of carbonyl (C=O) groups excluding carboxylic acids is 1. The van der Waals surface area contributed by atoms with Gasteiger partial charge in [0.1, 0.15) is 31.3 Å². The number of nitrogens with one attached hydrogen (secondary N) is 1. The molecule has 4 aromatic rings. The molecule has 0 atom stereocenters. The number of ether oxygens (including phenoxy) is 2. The van der Waals surface area contributed by atoms with Crippen LogP contribution in [0.5, 0.6) is 11.5 Å². The van der Waals surface area contributed by atoms with E-state index in [1.807, 2.05) is 19.1 Å². The summed E-state index contributed by atoms with van der Waals surface area (Å²) in [5.41, 5.74) is 2.88. The van der Waals surface area contributed by atoms with E-state index < -0.39 is 0 Å². The molecule has 0 saturated carbocycles. The molecule has 7 nitrogen and oxygen atoms in total. The van der Waals surface area contributed by atoms with Crippen molar-refractivity contribution in [2.45, 2.75) is 19.9 Å². The number of aromatic nitrogens is 3. The molecule has 3 heterocycles. The van der Waals surface area contributed by atoms with Crippen LogP contribution >= 0.6 is 0 Å². The minimum Gasteiger partial charge on any atom is -0.486 e. The van der Waals surface area contributed by atoms with Gasteiger partial charge in [-0.2, -0.15) is 5.10 Å². The fraction of sp³-hybridized carbons (Fsp3) is 0.261. The van der Waals surface area contributed by atoms with Crippen molar-refractivity contribution in [3.8, 4) is 22.8 Å². The lowest BCUT2D eigenvalue weighted by Crippen LogP contribution is -2.28. The average Bonchev–Trinajstić information content (AvgIpc) is 3.15. The van der Waals surface area contributed by atoms with Crippen molar-refractivity contribution in [2.24, 2.45) is 0 Å². The van der Waals surface area contributed by atoms with E-state index in [0.29, 0.717) is 37.0 Å². The Morgan fingerprint density at radius 2 is 1.87 bits per heavy atom. The topological polar surface area (TPSA) is 78.3 Å². The molecule has 0 fully saturated rings. The Bertz CT molecular complexity index is 1280. The lowest BCUT2D eigenvalue weighted by Gasteiger charge is -2.19. The number of nitrogens with zero attached hydrogens (tertiary/aromatic N) is 3. The van der Waals surface area contributed by atoms with Gasteiger partial charge in [0.15, 0.2) is 11.5 Å². The van der Waals surface area contributed by atoms with Crippen LogP contribution in [0.1, 0.15) is 13.3 Å². The molecule has 0 spiro atoms. The molecule has 158 valence electrons. The van der Waals surface area contributed by atoms with Gasteiger partial charge >= 0.3 is 0 Å². The van der Waals surface area contributed by atoms with E-state index in [1.165, 1.54) is 12.1 Å². The Balaban J connectivity index is 1.72. The van der Waals surface area contributed by atoms with Gasteiger partial charge in [0.25, 0.3) is 0 Å². The molecule has 1 aliphatic rings. The van der Waals surface area contributed by atoms with Gasteiger partial charge in [-0.3, -0.25) is 14.5 Å². The van der Waals surface area contributed by atoms with Crippen molar-refractivity contribution >= 4 is 27.7 Å². The van der Waals surface area contributed by atoms with Crippen LogP contribution in [0.3, 0.4) is 0 Å². The number of fused-ring (bicyclic) bond motifs is 4. The van der Waals surface area contributed by atoms with E-state index in [0.717, 1.165) is 33.8 Å². The summed E-state index contributed by atoms with van der Waals surface area (Å²) in [6.07, 6.45) is 2.59. The molecule has 8 heteroatoms. The number of hydrogen-bond donors (Lipinski definition) is 1. The summed E-state index contributed by atoms with van der Waals surface area (Å²) in [4.78, 5) is 17.1. The summed E-state index contributed by atoms with van der Waals surface area (Å²) >= 11 is 0. The first kappa shape index (κ1) is 19.3. The number of amides is 1. The number of carbonyl (C=O) groups is 1. The fourth-order valence-corrected chi connectivity index (χ4v) is 3.78. The molecule has 31 heavy (non-hydrogen) atoms. The van der Waals surface area contributed by atoms with Crippen molar-refractivity contribution in [3.63, 3.8) is 0 Å². The minimum atomic E-state index is -0.321. The minimum absolute atomic E-state index is 0.0608. The highest BCUT2D eigenvalue weighted by molar-refractivity contribution is 6.09. The Labute approximate surface area is 177 Å². The summed E-state index contributed by atoms with van der Waals surface area (Å²) in [6.45, 7) is 3.63. The van der Waals surface area contributed by atoms with Crippen molar-refractivity contribution < 1.29 is 18.7 Å². The van der Waals surface area contributed by atoms with E-state index in [9.17, 15) is 9.18 Å².